The molecule has 0 bridgehead atoms. The van der Waals surface area contributed by atoms with Gasteiger partial charge in [0.15, 0.2) is 11.6 Å². The number of rotatable bonds is 3. The summed E-state index contributed by atoms with van der Waals surface area (Å²) in [5.41, 5.74) is 3.64. The maximum absolute atomic E-state index is 5.53. The van der Waals surface area contributed by atoms with Gasteiger partial charge in [-0.1, -0.05) is 12.1 Å². The van der Waals surface area contributed by atoms with Gasteiger partial charge in [-0.15, -0.1) is 11.3 Å². The van der Waals surface area contributed by atoms with Crippen molar-refractivity contribution in [2.75, 3.05) is 38.3 Å². The maximum Gasteiger partial charge on any atom is 0.162 e. The summed E-state index contributed by atoms with van der Waals surface area (Å²) in [6, 6.07) is 5.95. The second-order valence-electron chi connectivity index (χ2n) is 6.59. The van der Waals surface area contributed by atoms with Crippen molar-refractivity contribution in [3.63, 3.8) is 0 Å². The molecule has 1 aliphatic heterocycles. The summed E-state index contributed by atoms with van der Waals surface area (Å²) in [6.45, 7) is 5.03. The molecular weight excluding hydrogens is 374 g/mol. The Balaban J connectivity index is 1.79. The van der Waals surface area contributed by atoms with Gasteiger partial charge in [0.05, 0.1) is 25.0 Å². The van der Waals surface area contributed by atoms with E-state index in [1.54, 1.807) is 30.8 Å². The van der Waals surface area contributed by atoms with E-state index in [2.05, 4.69) is 14.9 Å². The Morgan fingerprint density at radius 2 is 1.89 bits per heavy atom. The molecule has 7 nitrogen and oxygen atoms in total. The first-order valence-electron chi connectivity index (χ1n) is 9.14. The molecule has 0 atom stereocenters. The van der Waals surface area contributed by atoms with E-state index in [0.717, 1.165) is 56.3 Å². The largest absolute Gasteiger partial charge is 0.496 e. The van der Waals surface area contributed by atoms with Gasteiger partial charge in [0.2, 0.25) is 0 Å². The van der Waals surface area contributed by atoms with Crippen molar-refractivity contribution in [2.45, 2.75) is 6.92 Å². The summed E-state index contributed by atoms with van der Waals surface area (Å²) >= 11 is 1.59. The number of nitrogens with zero attached hydrogens (tertiary/aromatic N) is 5. The summed E-state index contributed by atoms with van der Waals surface area (Å²) in [5, 5.41) is 0. The molecule has 1 saturated heterocycles. The highest BCUT2D eigenvalue weighted by molar-refractivity contribution is 7.25. The van der Waals surface area contributed by atoms with Crippen molar-refractivity contribution in [1.82, 2.24) is 19.9 Å². The molecule has 8 heteroatoms. The van der Waals surface area contributed by atoms with Crippen LogP contribution in [0.2, 0.25) is 0 Å². The van der Waals surface area contributed by atoms with Gasteiger partial charge in [0.1, 0.15) is 21.6 Å². The minimum absolute atomic E-state index is 0.677. The molecule has 1 aromatic carbocycles. The number of fused-ring (bicyclic) bond motifs is 3. The maximum atomic E-state index is 5.53. The molecule has 0 saturated carbocycles. The normalized spacial score (nSPS) is 14.7. The van der Waals surface area contributed by atoms with Crippen LogP contribution in [-0.2, 0) is 4.74 Å². The molecule has 142 valence electrons. The first-order valence-corrected chi connectivity index (χ1v) is 9.96. The van der Waals surface area contributed by atoms with E-state index < -0.39 is 0 Å². The predicted molar refractivity (Wildman–Crippen MR) is 110 cm³/mol. The Hall–Kier alpha value is -2.84. The third-order valence-electron chi connectivity index (χ3n) is 4.99. The van der Waals surface area contributed by atoms with Crippen LogP contribution in [0.25, 0.3) is 32.0 Å². The monoisotopic (exact) mass is 393 g/mol. The molecule has 4 aromatic rings. The van der Waals surface area contributed by atoms with E-state index in [9.17, 15) is 0 Å². The number of anilines is 1. The van der Waals surface area contributed by atoms with Gasteiger partial charge in [-0.2, -0.15) is 0 Å². The van der Waals surface area contributed by atoms with Crippen molar-refractivity contribution in [1.29, 1.82) is 0 Å². The fraction of sp³-hybridized carbons (Fsp3) is 0.300. The zero-order chi connectivity index (χ0) is 19.1. The van der Waals surface area contributed by atoms with Crippen molar-refractivity contribution in [2.24, 2.45) is 0 Å². The van der Waals surface area contributed by atoms with Gasteiger partial charge in [0.25, 0.3) is 0 Å². The number of aromatic nitrogens is 4. The Morgan fingerprint density at radius 3 is 2.71 bits per heavy atom. The van der Waals surface area contributed by atoms with Crippen molar-refractivity contribution < 1.29 is 9.47 Å². The van der Waals surface area contributed by atoms with Gasteiger partial charge >= 0.3 is 0 Å². The zero-order valence-corrected chi connectivity index (χ0v) is 16.5. The summed E-state index contributed by atoms with van der Waals surface area (Å²) in [5.74, 6) is 2.43. The van der Waals surface area contributed by atoms with Crippen LogP contribution in [0.15, 0.2) is 30.6 Å². The summed E-state index contributed by atoms with van der Waals surface area (Å²) in [7, 11) is 1.68. The van der Waals surface area contributed by atoms with Crippen LogP contribution in [-0.4, -0.2) is 53.3 Å². The average molecular weight is 393 g/mol. The summed E-state index contributed by atoms with van der Waals surface area (Å²) in [4.78, 5) is 22.0. The summed E-state index contributed by atoms with van der Waals surface area (Å²) < 4.78 is 12.0. The Kier molecular flexibility index (Phi) is 4.29. The minimum Gasteiger partial charge on any atom is -0.496 e. The molecule has 1 fully saturated rings. The number of morpholine rings is 1. The lowest BCUT2D eigenvalue weighted by Crippen LogP contribution is -2.36. The molecule has 0 spiro atoms. The Bertz CT molecular complexity index is 1170. The summed E-state index contributed by atoms with van der Waals surface area (Å²) in [6.07, 6.45) is 3.42. The molecule has 0 radical (unpaired) electrons. The van der Waals surface area contributed by atoms with Crippen LogP contribution in [0.3, 0.4) is 0 Å². The first kappa shape index (κ1) is 17.3. The highest BCUT2D eigenvalue weighted by Gasteiger charge is 2.22. The van der Waals surface area contributed by atoms with E-state index in [4.69, 9.17) is 19.4 Å². The molecule has 0 N–H and O–H groups in total. The van der Waals surface area contributed by atoms with Gasteiger partial charge in [-0.25, -0.2) is 19.9 Å². The average Bonchev–Trinajstić information content (AvgIpc) is 3.12. The molecule has 0 unspecified atom stereocenters. The number of methoxy groups -OCH3 is 1. The molecule has 1 aliphatic rings. The molecule has 0 amide bonds. The second-order valence-corrected chi connectivity index (χ2v) is 7.59. The standard InChI is InChI=1S/C20H19N5O2S/c1-12-13(4-3-5-14(12)26-2)18-23-15-16-20(22-7-6-21-16)28-17(15)19(24-18)25-8-10-27-11-9-25/h3-7H,8-11H2,1-2H3. The van der Waals surface area contributed by atoms with Gasteiger partial charge < -0.3 is 14.4 Å². The third-order valence-corrected chi connectivity index (χ3v) is 6.06. The van der Waals surface area contributed by atoms with Crippen LogP contribution < -0.4 is 9.64 Å². The van der Waals surface area contributed by atoms with Crippen molar-refractivity contribution >= 4 is 37.7 Å². The minimum atomic E-state index is 0.677. The fourth-order valence-electron chi connectivity index (χ4n) is 3.54. The van der Waals surface area contributed by atoms with Gasteiger partial charge in [-0.3, -0.25) is 0 Å². The van der Waals surface area contributed by atoms with Crippen LogP contribution in [0.1, 0.15) is 5.56 Å². The van der Waals surface area contributed by atoms with Crippen LogP contribution in [0, 0.1) is 6.92 Å². The lowest BCUT2D eigenvalue weighted by molar-refractivity contribution is 0.122. The smallest absolute Gasteiger partial charge is 0.162 e. The molecule has 28 heavy (non-hydrogen) atoms. The fourth-order valence-corrected chi connectivity index (χ4v) is 4.60. The van der Waals surface area contributed by atoms with Gasteiger partial charge in [0, 0.05) is 36.6 Å². The third kappa shape index (κ3) is 2.76. The number of hydrogen-bond acceptors (Lipinski definition) is 8. The van der Waals surface area contributed by atoms with Crippen molar-refractivity contribution in [3.8, 4) is 17.1 Å². The van der Waals surface area contributed by atoms with E-state index in [1.165, 1.54) is 0 Å². The lowest BCUT2D eigenvalue weighted by Gasteiger charge is -2.28. The quantitative estimate of drug-likeness (QED) is 0.528. The molecule has 5 rings (SSSR count). The SMILES string of the molecule is COc1cccc(-c2nc(N3CCOCC3)c3sc4nccnc4c3n2)c1C. The van der Waals surface area contributed by atoms with E-state index >= 15 is 0 Å². The molecule has 3 aromatic heterocycles. The molecular formula is C20H19N5O2S. The topological polar surface area (TPSA) is 73.3 Å². The molecule has 4 heterocycles. The number of benzene rings is 1. The van der Waals surface area contributed by atoms with E-state index in [0.29, 0.717) is 19.0 Å². The van der Waals surface area contributed by atoms with Crippen LogP contribution >= 0.6 is 11.3 Å². The lowest BCUT2D eigenvalue weighted by atomic mass is 10.1. The first-order chi connectivity index (χ1) is 13.8. The highest BCUT2D eigenvalue weighted by atomic mass is 32.1. The Morgan fingerprint density at radius 1 is 1.07 bits per heavy atom. The number of ether oxygens (including phenoxy) is 2. The second kappa shape index (κ2) is 6.96. The number of hydrogen-bond donors (Lipinski definition) is 0. The zero-order valence-electron chi connectivity index (χ0n) is 15.7. The van der Waals surface area contributed by atoms with Crippen molar-refractivity contribution in [3.05, 3.63) is 36.2 Å². The molecule has 0 aliphatic carbocycles. The number of thiophene rings is 1. The van der Waals surface area contributed by atoms with E-state index in [1.807, 2.05) is 25.1 Å². The Labute approximate surface area is 166 Å². The highest BCUT2D eigenvalue weighted by Crippen LogP contribution is 2.38. The van der Waals surface area contributed by atoms with Crippen LogP contribution in [0.5, 0.6) is 5.75 Å². The van der Waals surface area contributed by atoms with Crippen LogP contribution in [0.4, 0.5) is 5.82 Å². The van der Waals surface area contributed by atoms with E-state index in [-0.39, 0.29) is 0 Å². The van der Waals surface area contributed by atoms with Gasteiger partial charge in [-0.05, 0) is 13.0 Å². The predicted octanol–water partition coefficient (Wildman–Crippen LogP) is 3.46.